The van der Waals surface area contributed by atoms with Gasteiger partial charge in [0.15, 0.2) is 6.29 Å². The second kappa shape index (κ2) is 7.79. The SMILES string of the molecule is O=Cc1ccc(O)cc1OC(=O)c1cc(O)ccc1NC(=O)CC(=O)O. The topological polar surface area (TPSA) is 150 Å². The van der Waals surface area contributed by atoms with Gasteiger partial charge in [0.2, 0.25) is 5.91 Å². The van der Waals surface area contributed by atoms with E-state index in [0.29, 0.717) is 6.29 Å². The Kier molecular flexibility index (Phi) is 5.53. The molecule has 134 valence electrons. The van der Waals surface area contributed by atoms with Crippen molar-refractivity contribution >= 4 is 29.8 Å². The van der Waals surface area contributed by atoms with E-state index in [1.54, 1.807) is 0 Å². The van der Waals surface area contributed by atoms with Crippen molar-refractivity contribution in [3.8, 4) is 17.2 Å². The smallest absolute Gasteiger partial charge is 0.345 e. The molecule has 2 aromatic rings. The number of benzene rings is 2. The summed E-state index contributed by atoms with van der Waals surface area (Å²) in [6, 6.07) is 6.89. The van der Waals surface area contributed by atoms with Crippen LogP contribution < -0.4 is 10.1 Å². The third-order valence-electron chi connectivity index (χ3n) is 3.14. The Morgan fingerprint density at radius 2 is 1.69 bits per heavy atom. The number of esters is 1. The van der Waals surface area contributed by atoms with Crippen LogP contribution in [0.4, 0.5) is 5.69 Å². The van der Waals surface area contributed by atoms with E-state index in [-0.39, 0.29) is 34.1 Å². The van der Waals surface area contributed by atoms with Crippen molar-refractivity contribution in [2.24, 2.45) is 0 Å². The van der Waals surface area contributed by atoms with Gasteiger partial charge in [0, 0.05) is 6.07 Å². The highest BCUT2D eigenvalue weighted by atomic mass is 16.5. The van der Waals surface area contributed by atoms with Crippen LogP contribution in [0.2, 0.25) is 0 Å². The summed E-state index contributed by atoms with van der Waals surface area (Å²) in [5, 5.41) is 29.9. The van der Waals surface area contributed by atoms with Crippen molar-refractivity contribution in [2.45, 2.75) is 6.42 Å². The molecule has 9 heteroatoms. The zero-order chi connectivity index (χ0) is 19.3. The molecular formula is C17H13NO8. The van der Waals surface area contributed by atoms with E-state index < -0.39 is 24.3 Å². The molecule has 0 aliphatic carbocycles. The van der Waals surface area contributed by atoms with Crippen LogP contribution in [0.5, 0.6) is 17.2 Å². The number of carboxylic acid groups (broad SMARTS) is 1. The van der Waals surface area contributed by atoms with Gasteiger partial charge in [-0.2, -0.15) is 0 Å². The Bertz CT molecular complexity index is 890. The van der Waals surface area contributed by atoms with Crippen LogP contribution in [-0.2, 0) is 9.59 Å². The highest BCUT2D eigenvalue weighted by Gasteiger charge is 2.19. The number of hydrogen-bond donors (Lipinski definition) is 4. The molecule has 0 bridgehead atoms. The largest absolute Gasteiger partial charge is 0.508 e. The van der Waals surface area contributed by atoms with Crippen LogP contribution in [0.25, 0.3) is 0 Å². The summed E-state index contributed by atoms with van der Waals surface area (Å²) in [6.07, 6.45) is -0.405. The predicted molar refractivity (Wildman–Crippen MR) is 87.4 cm³/mol. The molecule has 0 atom stereocenters. The summed E-state index contributed by atoms with van der Waals surface area (Å²) in [7, 11) is 0. The Morgan fingerprint density at radius 1 is 1.04 bits per heavy atom. The van der Waals surface area contributed by atoms with Crippen LogP contribution in [0.15, 0.2) is 36.4 Å². The minimum atomic E-state index is -1.36. The molecule has 9 nitrogen and oxygen atoms in total. The lowest BCUT2D eigenvalue weighted by Gasteiger charge is -2.12. The first-order valence-corrected chi connectivity index (χ1v) is 7.15. The number of phenolic OH excluding ortho intramolecular Hbond substituents is 2. The number of nitrogens with one attached hydrogen (secondary N) is 1. The number of carbonyl (C=O) groups is 4. The molecule has 0 aliphatic heterocycles. The number of aromatic hydroxyl groups is 2. The van der Waals surface area contributed by atoms with E-state index in [0.717, 1.165) is 12.1 Å². The standard InChI is InChI=1S/C17H13NO8/c19-8-9-1-2-11(21)6-14(9)26-17(25)12-5-10(20)3-4-13(12)18-15(22)7-16(23)24/h1-6,8,20-21H,7H2,(H,18,22)(H,23,24). The summed E-state index contributed by atoms with van der Waals surface area (Å²) < 4.78 is 5.05. The lowest BCUT2D eigenvalue weighted by atomic mass is 10.1. The van der Waals surface area contributed by atoms with Gasteiger partial charge in [-0.15, -0.1) is 0 Å². The number of aldehydes is 1. The van der Waals surface area contributed by atoms with Gasteiger partial charge in [0.05, 0.1) is 16.8 Å². The number of hydrogen-bond acceptors (Lipinski definition) is 7. The number of rotatable bonds is 6. The second-order valence-corrected chi connectivity index (χ2v) is 5.08. The molecule has 1 amide bonds. The molecule has 0 unspecified atom stereocenters. The molecule has 0 radical (unpaired) electrons. The Hall–Kier alpha value is -3.88. The van der Waals surface area contributed by atoms with Crippen molar-refractivity contribution in [1.82, 2.24) is 0 Å². The highest BCUT2D eigenvalue weighted by molar-refractivity contribution is 6.06. The first kappa shape index (κ1) is 18.5. The third-order valence-corrected chi connectivity index (χ3v) is 3.14. The van der Waals surface area contributed by atoms with Crippen molar-refractivity contribution in [3.63, 3.8) is 0 Å². The number of carboxylic acids is 1. The van der Waals surface area contributed by atoms with Crippen molar-refractivity contribution in [2.75, 3.05) is 5.32 Å². The molecule has 2 aromatic carbocycles. The summed E-state index contributed by atoms with van der Waals surface area (Å²) in [6.45, 7) is 0. The van der Waals surface area contributed by atoms with Gasteiger partial charge in [-0.3, -0.25) is 14.4 Å². The number of amides is 1. The first-order chi connectivity index (χ1) is 12.3. The average Bonchev–Trinajstić information content (AvgIpc) is 2.56. The molecular weight excluding hydrogens is 346 g/mol. The molecule has 2 rings (SSSR count). The fourth-order valence-corrected chi connectivity index (χ4v) is 2.01. The maximum atomic E-state index is 12.4. The minimum absolute atomic E-state index is 0.00670. The molecule has 26 heavy (non-hydrogen) atoms. The van der Waals surface area contributed by atoms with Gasteiger partial charge >= 0.3 is 11.9 Å². The van der Waals surface area contributed by atoms with E-state index in [1.165, 1.54) is 24.3 Å². The van der Waals surface area contributed by atoms with Crippen molar-refractivity contribution in [3.05, 3.63) is 47.5 Å². The highest BCUT2D eigenvalue weighted by Crippen LogP contribution is 2.27. The van der Waals surface area contributed by atoms with Crippen LogP contribution >= 0.6 is 0 Å². The molecule has 0 heterocycles. The number of aliphatic carboxylic acids is 1. The minimum Gasteiger partial charge on any atom is -0.508 e. The third kappa shape index (κ3) is 4.57. The number of anilines is 1. The molecule has 4 N–H and O–H groups in total. The molecule has 0 aliphatic rings. The van der Waals surface area contributed by atoms with E-state index in [2.05, 4.69) is 5.32 Å². The summed E-state index contributed by atoms with van der Waals surface area (Å²) in [5.74, 6) is -4.07. The van der Waals surface area contributed by atoms with Gasteiger partial charge in [-0.05, 0) is 30.3 Å². The Labute approximate surface area is 146 Å². The quantitative estimate of drug-likeness (QED) is 0.199. The zero-order valence-electron chi connectivity index (χ0n) is 13.1. The number of phenols is 2. The summed E-state index contributed by atoms with van der Waals surface area (Å²) >= 11 is 0. The fraction of sp³-hybridized carbons (Fsp3) is 0.0588. The van der Waals surface area contributed by atoms with E-state index in [4.69, 9.17) is 9.84 Å². The fourth-order valence-electron chi connectivity index (χ4n) is 2.01. The monoisotopic (exact) mass is 359 g/mol. The molecule has 0 aromatic heterocycles. The number of ether oxygens (including phenoxy) is 1. The van der Waals surface area contributed by atoms with Crippen LogP contribution in [0, 0.1) is 0 Å². The van der Waals surface area contributed by atoms with Gasteiger partial charge < -0.3 is 25.4 Å². The second-order valence-electron chi connectivity index (χ2n) is 5.08. The van der Waals surface area contributed by atoms with Gasteiger partial charge in [0.25, 0.3) is 0 Å². The molecule has 0 spiro atoms. The molecule has 0 fully saturated rings. The van der Waals surface area contributed by atoms with Crippen molar-refractivity contribution < 1.29 is 39.2 Å². The van der Waals surface area contributed by atoms with E-state index in [9.17, 15) is 29.4 Å². The van der Waals surface area contributed by atoms with E-state index >= 15 is 0 Å². The molecule has 0 saturated carbocycles. The lowest BCUT2D eigenvalue weighted by Crippen LogP contribution is -2.19. The maximum Gasteiger partial charge on any atom is 0.345 e. The van der Waals surface area contributed by atoms with E-state index in [1.807, 2.05) is 0 Å². The van der Waals surface area contributed by atoms with Crippen LogP contribution in [-0.4, -0.2) is 39.5 Å². The first-order valence-electron chi connectivity index (χ1n) is 7.15. The summed E-state index contributed by atoms with van der Waals surface area (Å²) in [5.41, 5.74) is -0.372. The van der Waals surface area contributed by atoms with Gasteiger partial charge in [-0.1, -0.05) is 0 Å². The maximum absolute atomic E-state index is 12.4. The molecule has 0 saturated heterocycles. The van der Waals surface area contributed by atoms with Crippen molar-refractivity contribution in [1.29, 1.82) is 0 Å². The Morgan fingerprint density at radius 3 is 2.35 bits per heavy atom. The summed E-state index contributed by atoms with van der Waals surface area (Å²) in [4.78, 5) is 45.5. The normalized spacial score (nSPS) is 10.0. The van der Waals surface area contributed by atoms with Crippen LogP contribution in [0.1, 0.15) is 27.1 Å². The lowest BCUT2D eigenvalue weighted by molar-refractivity contribution is -0.139. The van der Waals surface area contributed by atoms with Gasteiger partial charge in [-0.25, -0.2) is 4.79 Å². The zero-order valence-corrected chi connectivity index (χ0v) is 13.1. The van der Waals surface area contributed by atoms with Gasteiger partial charge in [0.1, 0.15) is 23.7 Å². The van der Waals surface area contributed by atoms with Crippen LogP contribution in [0.3, 0.4) is 0 Å². The number of carbonyl (C=O) groups excluding carboxylic acids is 3. The average molecular weight is 359 g/mol. The predicted octanol–water partition coefficient (Wildman–Crippen LogP) is 1.54. The Balaban J connectivity index is 2.32.